The van der Waals surface area contributed by atoms with Gasteiger partial charge in [0.2, 0.25) is 0 Å². The number of thioether (sulfide) groups is 2. The quantitative estimate of drug-likeness (QED) is 0.554. The number of hydrogen-bond acceptors (Lipinski definition) is 3. The monoisotopic (exact) mass is 259 g/mol. The maximum atomic E-state index is 3.80. The Bertz CT molecular complexity index is 196. The van der Waals surface area contributed by atoms with Crippen LogP contribution in [0, 0.1) is 0 Å². The summed E-state index contributed by atoms with van der Waals surface area (Å²) in [5, 5.41) is 5.18. The van der Waals surface area contributed by atoms with Gasteiger partial charge < -0.3 is 5.32 Å². The van der Waals surface area contributed by atoms with Gasteiger partial charge in [-0.05, 0) is 32.7 Å². The van der Waals surface area contributed by atoms with Gasteiger partial charge in [0.1, 0.15) is 0 Å². The Morgan fingerprint density at radius 1 is 1.44 bits per heavy atom. The van der Waals surface area contributed by atoms with Crippen LogP contribution in [0.3, 0.4) is 0 Å². The third-order valence-electron chi connectivity index (χ3n) is 3.19. The summed E-state index contributed by atoms with van der Waals surface area (Å²) in [7, 11) is 2.12. The Kier molecular flexibility index (Phi) is 7.67. The Balaban J connectivity index is 2.44. The smallest absolute Gasteiger partial charge is 0.0320 e. The van der Waals surface area contributed by atoms with Crippen LogP contribution >= 0.6 is 23.5 Å². The molecule has 1 aliphatic heterocycles. The summed E-state index contributed by atoms with van der Waals surface area (Å²) in [6, 6.07) is 0.683. The molecule has 1 aliphatic rings. The molecule has 1 saturated heterocycles. The highest BCUT2D eigenvalue weighted by molar-refractivity contribution is 8.07. The lowest BCUT2D eigenvalue weighted by atomic mass is 10.0. The summed E-state index contributed by atoms with van der Waals surface area (Å²) in [5.74, 6) is 2.66. The first-order valence-corrected chi connectivity index (χ1v) is 8.44. The summed E-state index contributed by atoms with van der Waals surface area (Å²) in [6.45, 7) is 6.12. The van der Waals surface area contributed by atoms with Crippen LogP contribution in [0.5, 0.6) is 0 Å². The Labute approximate surface area is 109 Å². The van der Waals surface area contributed by atoms with Gasteiger partial charge in [-0.3, -0.25) is 0 Å². The molecule has 1 nitrogen and oxygen atoms in total. The maximum Gasteiger partial charge on any atom is 0.0320 e. The van der Waals surface area contributed by atoms with Gasteiger partial charge in [0.25, 0.3) is 0 Å². The van der Waals surface area contributed by atoms with E-state index in [1.165, 1.54) is 30.8 Å². The average molecular weight is 259 g/mol. The largest absolute Gasteiger partial charge is 0.316 e. The maximum absolute atomic E-state index is 3.80. The zero-order valence-corrected chi connectivity index (χ0v) is 12.2. The van der Waals surface area contributed by atoms with Crippen LogP contribution in [0.2, 0.25) is 0 Å². The van der Waals surface area contributed by atoms with Crippen molar-refractivity contribution in [3.8, 4) is 0 Å². The fourth-order valence-corrected chi connectivity index (χ4v) is 5.61. The summed E-state index contributed by atoms with van der Waals surface area (Å²) in [5.41, 5.74) is 0. The number of hydrogen-bond donors (Lipinski definition) is 1. The summed E-state index contributed by atoms with van der Waals surface area (Å²) in [6.07, 6.45) is 7.05. The first-order valence-electron chi connectivity index (χ1n) is 6.34. The molecular weight excluding hydrogens is 234 g/mol. The minimum Gasteiger partial charge on any atom is -0.316 e. The lowest BCUT2D eigenvalue weighted by Gasteiger charge is -2.35. The van der Waals surface area contributed by atoms with Crippen LogP contribution in [0.25, 0.3) is 0 Å². The van der Waals surface area contributed by atoms with E-state index in [2.05, 4.69) is 49.4 Å². The highest BCUT2D eigenvalue weighted by Crippen LogP contribution is 2.36. The molecule has 1 fully saturated rings. The molecule has 0 aromatic rings. The van der Waals surface area contributed by atoms with Crippen molar-refractivity contribution in [1.29, 1.82) is 0 Å². The minimum atomic E-state index is 0.683. The Morgan fingerprint density at radius 3 is 2.81 bits per heavy atom. The van der Waals surface area contributed by atoms with Crippen LogP contribution in [0.4, 0.5) is 0 Å². The van der Waals surface area contributed by atoms with Gasteiger partial charge in [-0.25, -0.2) is 0 Å². The fraction of sp³-hybridized carbons (Fsp3) is 0.846. The molecule has 1 heterocycles. The zero-order valence-electron chi connectivity index (χ0n) is 10.6. The van der Waals surface area contributed by atoms with Gasteiger partial charge in [0.15, 0.2) is 0 Å². The molecule has 0 aliphatic carbocycles. The van der Waals surface area contributed by atoms with Crippen molar-refractivity contribution in [3.63, 3.8) is 0 Å². The number of nitrogens with one attached hydrogen (secondary N) is 1. The molecule has 0 amide bonds. The van der Waals surface area contributed by atoms with Gasteiger partial charge in [-0.15, -0.1) is 6.58 Å². The number of unbranched alkanes of at least 4 members (excludes halogenated alkanes) is 1. The van der Waals surface area contributed by atoms with Crippen molar-refractivity contribution in [2.24, 2.45) is 0 Å². The third kappa shape index (κ3) is 4.34. The fourth-order valence-electron chi connectivity index (χ4n) is 2.27. The number of rotatable bonds is 7. The van der Waals surface area contributed by atoms with E-state index in [1.54, 1.807) is 0 Å². The third-order valence-corrected chi connectivity index (χ3v) is 6.59. The Morgan fingerprint density at radius 2 is 2.19 bits per heavy atom. The van der Waals surface area contributed by atoms with Crippen molar-refractivity contribution in [2.75, 3.05) is 18.6 Å². The normalized spacial score (nSPS) is 27.6. The van der Waals surface area contributed by atoms with Gasteiger partial charge in [-0.2, -0.15) is 23.5 Å². The van der Waals surface area contributed by atoms with Gasteiger partial charge in [0.05, 0.1) is 0 Å². The van der Waals surface area contributed by atoms with Crippen molar-refractivity contribution in [2.45, 2.75) is 49.1 Å². The van der Waals surface area contributed by atoms with E-state index in [4.69, 9.17) is 0 Å². The second-order valence-electron chi connectivity index (χ2n) is 4.27. The molecule has 94 valence electrons. The van der Waals surface area contributed by atoms with E-state index in [0.29, 0.717) is 6.04 Å². The van der Waals surface area contributed by atoms with Crippen LogP contribution in [0.1, 0.15) is 32.6 Å². The lowest BCUT2D eigenvalue weighted by molar-refractivity contribution is 0.476. The van der Waals surface area contributed by atoms with Crippen LogP contribution in [-0.2, 0) is 0 Å². The van der Waals surface area contributed by atoms with Gasteiger partial charge in [0, 0.05) is 28.0 Å². The van der Waals surface area contributed by atoms with Crippen molar-refractivity contribution >= 4 is 23.5 Å². The second-order valence-corrected chi connectivity index (χ2v) is 6.90. The second kappa shape index (κ2) is 8.48. The minimum absolute atomic E-state index is 0.683. The molecule has 1 rings (SSSR count). The topological polar surface area (TPSA) is 12.0 Å². The molecule has 3 atom stereocenters. The average Bonchev–Trinajstić information content (AvgIpc) is 2.35. The predicted octanol–water partition coefficient (Wildman–Crippen LogP) is 3.56. The highest BCUT2D eigenvalue weighted by atomic mass is 32.2. The van der Waals surface area contributed by atoms with Crippen molar-refractivity contribution in [3.05, 3.63) is 12.7 Å². The first-order chi connectivity index (χ1) is 7.83. The molecule has 0 aromatic carbocycles. The standard InChI is InChI=1S/C13H25NS2/c1-4-6-7-8-11(14-3)13-12(5-2)15-9-10-16-13/h4,11-14H,1,5-10H2,2-3H3. The van der Waals surface area contributed by atoms with E-state index in [1.807, 2.05) is 6.08 Å². The molecular formula is C13H25NS2. The SMILES string of the molecule is C=CCCCC(NC)C1SCCSC1CC. The molecule has 0 aromatic heterocycles. The van der Waals surface area contributed by atoms with E-state index < -0.39 is 0 Å². The van der Waals surface area contributed by atoms with E-state index in [0.717, 1.165) is 16.9 Å². The van der Waals surface area contributed by atoms with Crippen LogP contribution in [0.15, 0.2) is 12.7 Å². The van der Waals surface area contributed by atoms with Crippen molar-refractivity contribution < 1.29 is 0 Å². The molecule has 0 spiro atoms. The Hall–Kier alpha value is 0.400. The van der Waals surface area contributed by atoms with Crippen molar-refractivity contribution in [1.82, 2.24) is 5.32 Å². The van der Waals surface area contributed by atoms with E-state index >= 15 is 0 Å². The van der Waals surface area contributed by atoms with Crippen LogP contribution in [-0.4, -0.2) is 35.1 Å². The summed E-state index contributed by atoms with van der Waals surface area (Å²) < 4.78 is 0. The molecule has 3 unspecified atom stereocenters. The molecule has 1 N–H and O–H groups in total. The molecule has 0 bridgehead atoms. The molecule has 0 saturated carbocycles. The van der Waals surface area contributed by atoms with Gasteiger partial charge in [-0.1, -0.05) is 13.0 Å². The summed E-state index contributed by atoms with van der Waals surface area (Å²) >= 11 is 4.35. The lowest BCUT2D eigenvalue weighted by Crippen LogP contribution is -2.43. The zero-order chi connectivity index (χ0) is 11.8. The van der Waals surface area contributed by atoms with E-state index in [-0.39, 0.29) is 0 Å². The van der Waals surface area contributed by atoms with E-state index in [9.17, 15) is 0 Å². The predicted molar refractivity (Wildman–Crippen MR) is 79.7 cm³/mol. The van der Waals surface area contributed by atoms with Crippen LogP contribution < -0.4 is 5.32 Å². The summed E-state index contributed by atoms with van der Waals surface area (Å²) in [4.78, 5) is 0. The number of allylic oxidation sites excluding steroid dienone is 1. The highest BCUT2D eigenvalue weighted by Gasteiger charge is 2.30. The molecule has 3 heteroatoms. The molecule has 0 radical (unpaired) electrons. The first kappa shape index (κ1) is 14.5. The van der Waals surface area contributed by atoms with Gasteiger partial charge >= 0.3 is 0 Å². The molecule has 16 heavy (non-hydrogen) atoms.